The second kappa shape index (κ2) is 5.43. The number of aromatic amines is 1. The number of rotatable bonds is 3. The first kappa shape index (κ1) is 14.0. The average molecular weight is 303 g/mol. The van der Waals surface area contributed by atoms with Gasteiger partial charge in [-0.1, -0.05) is 0 Å². The molecule has 0 spiro atoms. The Bertz CT molecular complexity index is 763. The maximum atomic E-state index is 12.4. The number of carbonyl (C=O) groups excluding carboxylic acids is 1. The van der Waals surface area contributed by atoms with Crippen molar-refractivity contribution < 1.29 is 14.7 Å². The molecule has 1 aromatic heterocycles. The summed E-state index contributed by atoms with van der Waals surface area (Å²) < 4.78 is 1.06. The van der Waals surface area contributed by atoms with E-state index in [1.165, 1.54) is 17.0 Å². The third-order valence-corrected chi connectivity index (χ3v) is 3.63. The summed E-state index contributed by atoms with van der Waals surface area (Å²) in [5.41, 5.74) is 0.351. The predicted molar refractivity (Wildman–Crippen MR) is 73.7 cm³/mol. The molecule has 2 N–H and O–H groups in total. The van der Waals surface area contributed by atoms with E-state index < -0.39 is 17.7 Å². The smallest absolute Gasteiger partial charge is 0.365 e. The number of aliphatic carboxylic acids is 1. The summed E-state index contributed by atoms with van der Waals surface area (Å²) in [6.07, 6.45) is 1.14. The number of likely N-dealkylation sites (tertiary alicyclic amines) is 1. The Balaban J connectivity index is 1.84. The Morgan fingerprint density at radius 1 is 1.27 bits per heavy atom. The number of tetrazole rings is 1. The summed E-state index contributed by atoms with van der Waals surface area (Å²) in [5.74, 6) is -1.32. The molecule has 114 valence electrons. The van der Waals surface area contributed by atoms with Crippen LogP contribution in [0, 0.1) is 0 Å². The number of H-pyrrole nitrogens is 1. The van der Waals surface area contributed by atoms with Crippen LogP contribution in [-0.2, 0) is 4.79 Å². The standard InChI is InChI=1S/C13H13N5O4/c19-11(17-7-1-2-10(17)12(20)21)8-3-5-9(6-4-8)18-13(22)14-15-16-18/h3-6,10H,1-2,7H2,(H,20,21)(H,14,16,22)/t10-/m0/s1. The number of nitrogens with zero attached hydrogens (tertiary/aromatic N) is 4. The minimum atomic E-state index is -0.989. The zero-order valence-electron chi connectivity index (χ0n) is 11.5. The summed E-state index contributed by atoms with van der Waals surface area (Å²) in [7, 11) is 0. The van der Waals surface area contributed by atoms with E-state index >= 15 is 0 Å². The molecular formula is C13H13N5O4. The van der Waals surface area contributed by atoms with Gasteiger partial charge in [0, 0.05) is 12.1 Å². The van der Waals surface area contributed by atoms with E-state index in [2.05, 4.69) is 15.5 Å². The molecule has 3 rings (SSSR count). The molecule has 2 aromatic rings. The van der Waals surface area contributed by atoms with Crippen LogP contribution < -0.4 is 5.69 Å². The largest absolute Gasteiger partial charge is 0.480 e. The Kier molecular flexibility index (Phi) is 3.45. The van der Waals surface area contributed by atoms with Gasteiger partial charge in [-0.15, -0.1) is 0 Å². The van der Waals surface area contributed by atoms with Gasteiger partial charge in [-0.2, -0.15) is 4.68 Å². The summed E-state index contributed by atoms with van der Waals surface area (Å²) in [4.78, 5) is 36.3. The second-order valence-corrected chi connectivity index (χ2v) is 4.96. The van der Waals surface area contributed by atoms with Crippen LogP contribution in [0.5, 0.6) is 0 Å². The van der Waals surface area contributed by atoms with Gasteiger partial charge in [-0.05, 0) is 47.5 Å². The number of aromatic nitrogens is 4. The van der Waals surface area contributed by atoms with E-state index in [4.69, 9.17) is 5.11 Å². The van der Waals surface area contributed by atoms with E-state index in [0.717, 1.165) is 4.68 Å². The lowest BCUT2D eigenvalue weighted by atomic mass is 10.1. The zero-order valence-corrected chi connectivity index (χ0v) is 11.5. The molecule has 0 aliphatic carbocycles. The van der Waals surface area contributed by atoms with Crippen LogP contribution in [0.25, 0.3) is 5.69 Å². The fourth-order valence-corrected chi connectivity index (χ4v) is 2.54. The van der Waals surface area contributed by atoms with Crippen LogP contribution in [0.1, 0.15) is 23.2 Å². The first-order valence-corrected chi connectivity index (χ1v) is 6.72. The number of hydrogen-bond acceptors (Lipinski definition) is 5. The van der Waals surface area contributed by atoms with Gasteiger partial charge < -0.3 is 10.0 Å². The average Bonchev–Trinajstić information content (AvgIpc) is 3.15. The number of benzene rings is 1. The fraction of sp³-hybridized carbons (Fsp3) is 0.308. The first-order valence-electron chi connectivity index (χ1n) is 6.72. The van der Waals surface area contributed by atoms with Gasteiger partial charge in [0.2, 0.25) is 0 Å². The van der Waals surface area contributed by atoms with E-state index in [9.17, 15) is 14.4 Å². The number of carboxylic acids is 1. The lowest BCUT2D eigenvalue weighted by Crippen LogP contribution is -2.40. The van der Waals surface area contributed by atoms with Crippen molar-refractivity contribution in [2.75, 3.05) is 6.54 Å². The maximum Gasteiger partial charge on any atom is 0.365 e. The van der Waals surface area contributed by atoms with Gasteiger partial charge in [-0.25, -0.2) is 14.7 Å². The van der Waals surface area contributed by atoms with Crippen molar-refractivity contribution >= 4 is 11.9 Å². The van der Waals surface area contributed by atoms with Crippen LogP contribution in [0.3, 0.4) is 0 Å². The van der Waals surface area contributed by atoms with Crippen LogP contribution in [0.4, 0.5) is 0 Å². The van der Waals surface area contributed by atoms with E-state index in [1.807, 2.05) is 0 Å². The highest BCUT2D eigenvalue weighted by atomic mass is 16.4. The quantitative estimate of drug-likeness (QED) is 0.799. The van der Waals surface area contributed by atoms with Gasteiger partial charge >= 0.3 is 11.7 Å². The summed E-state index contributed by atoms with van der Waals surface area (Å²) in [6, 6.07) is 5.42. The van der Waals surface area contributed by atoms with Crippen molar-refractivity contribution in [2.24, 2.45) is 0 Å². The number of carboxylic acid groups (broad SMARTS) is 1. The highest BCUT2D eigenvalue weighted by Crippen LogP contribution is 2.20. The van der Waals surface area contributed by atoms with Crippen molar-refractivity contribution in [3.8, 4) is 5.69 Å². The van der Waals surface area contributed by atoms with Crippen LogP contribution in [-0.4, -0.2) is 54.7 Å². The normalized spacial score (nSPS) is 17.6. The van der Waals surface area contributed by atoms with Crippen molar-refractivity contribution in [1.82, 2.24) is 25.1 Å². The van der Waals surface area contributed by atoms with Gasteiger partial charge in [-0.3, -0.25) is 4.79 Å². The molecule has 1 aromatic carbocycles. The Labute approximate surface area is 124 Å². The minimum Gasteiger partial charge on any atom is -0.480 e. The first-order chi connectivity index (χ1) is 10.6. The molecule has 1 saturated heterocycles. The molecule has 0 bridgehead atoms. The number of hydrogen-bond donors (Lipinski definition) is 2. The highest BCUT2D eigenvalue weighted by molar-refractivity contribution is 5.97. The number of nitrogens with one attached hydrogen (secondary N) is 1. The molecule has 0 unspecified atom stereocenters. The molecule has 0 radical (unpaired) electrons. The zero-order chi connectivity index (χ0) is 15.7. The molecule has 9 heteroatoms. The molecule has 9 nitrogen and oxygen atoms in total. The minimum absolute atomic E-state index is 0.330. The Morgan fingerprint density at radius 2 is 2.00 bits per heavy atom. The number of amides is 1. The fourth-order valence-electron chi connectivity index (χ4n) is 2.54. The SMILES string of the molecule is O=C(O)[C@@H]1CCCN1C(=O)c1ccc(-n2nn[nH]c2=O)cc1. The third kappa shape index (κ3) is 2.36. The van der Waals surface area contributed by atoms with Crippen molar-refractivity contribution in [2.45, 2.75) is 18.9 Å². The van der Waals surface area contributed by atoms with Gasteiger partial charge in [0.25, 0.3) is 5.91 Å². The molecule has 1 aliphatic rings. The van der Waals surface area contributed by atoms with Crippen molar-refractivity contribution in [3.05, 3.63) is 40.3 Å². The topological polar surface area (TPSA) is 121 Å². The van der Waals surface area contributed by atoms with Crippen LogP contribution in [0.2, 0.25) is 0 Å². The predicted octanol–water partition coefficient (Wildman–Crippen LogP) is -0.355. The lowest BCUT2D eigenvalue weighted by molar-refractivity contribution is -0.141. The second-order valence-electron chi connectivity index (χ2n) is 4.96. The van der Waals surface area contributed by atoms with Gasteiger partial charge in [0.05, 0.1) is 5.69 Å². The molecular weight excluding hydrogens is 290 g/mol. The maximum absolute atomic E-state index is 12.4. The van der Waals surface area contributed by atoms with Crippen molar-refractivity contribution in [1.29, 1.82) is 0 Å². The highest BCUT2D eigenvalue weighted by Gasteiger charge is 2.34. The third-order valence-electron chi connectivity index (χ3n) is 3.63. The van der Waals surface area contributed by atoms with E-state index in [0.29, 0.717) is 30.6 Å². The Morgan fingerprint density at radius 3 is 2.59 bits per heavy atom. The molecule has 1 aliphatic heterocycles. The number of carbonyl (C=O) groups is 2. The van der Waals surface area contributed by atoms with E-state index in [1.54, 1.807) is 12.1 Å². The molecule has 1 amide bonds. The molecule has 1 atom stereocenters. The molecule has 1 fully saturated rings. The molecule has 2 heterocycles. The van der Waals surface area contributed by atoms with Crippen LogP contribution >= 0.6 is 0 Å². The molecule has 22 heavy (non-hydrogen) atoms. The van der Waals surface area contributed by atoms with E-state index in [-0.39, 0.29) is 5.91 Å². The summed E-state index contributed by atoms with van der Waals surface area (Å²) in [6.45, 7) is 0.431. The Hall–Kier alpha value is -2.97. The van der Waals surface area contributed by atoms with Crippen LogP contribution in [0.15, 0.2) is 29.1 Å². The summed E-state index contributed by atoms with van der Waals surface area (Å²) >= 11 is 0. The lowest BCUT2D eigenvalue weighted by Gasteiger charge is -2.21. The van der Waals surface area contributed by atoms with Gasteiger partial charge in [0.1, 0.15) is 6.04 Å². The van der Waals surface area contributed by atoms with Gasteiger partial charge in [0.15, 0.2) is 0 Å². The monoisotopic (exact) mass is 303 g/mol. The summed E-state index contributed by atoms with van der Waals surface area (Å²) in [5, 5.41) is 18.3. The van der Waals surface area contributed by atoms with Crippen molar-refractivity contribution in [3.63, 3.8) is 0 Å². The molecule has 0 saturated carbocycles.